The van der Waals surface area contributed by atoms with E-state index >= 15 is 0 Å². The van der Waals surface area contributed by atoms with E-state index in [0.717, 1.165) is 0 Å². The van der Waals surface area contributed by atoms with Gasteiger partial charge in [-0.1, -0.05) is 19.0 Å². The van der Waals surface area contributed by atoms with Crippen molar-refractivity contribution >= 4 is 17.8 Å². The fraction of sp³-hybridized carbons (Fsp3) is 0.600. The second-order valence-electron chi connectivity index (χ2n) is 6.15. The van der Waals surface area contributed by atoms with Crippen LogP contribution in [-0.4, -0.2) is 53.6 Å². The summed E-state index contributed by atoms with van der Waals surface area (Å²) < 4.78 is 4.85. The van der Waals surface area contributed by atoms with Gasteiger partial charge in [-0.2, -0.15) is 0 Å². The standard InChI is InChI=1S/C15H25N5O4/c1-8(2)12(18-15(16)23)14(22)20(5)7-9(3)17-13(21)11-6-10(4)24-19-11/h6,8-9,12H,7H2,1-5H3,(H,17,21)(H3,16,18,23)/t9-,12-/m0/s1. The Morgan fingerprint density at radius 1 is 1.29 bits per heavy atom. The van der Waals surface area contributed by atoms with E-state index in [2.05, 4.69) is 15.8 Å². The summed E-state index contributed by atoms with van der Waals surface area (Å²) in [5.41, 5.74) is 5.29. The number of carbonyl (C=O) groups excluding carboxylic acids is 3. The highest BCUT2D eigenvalue weighted by molar-refractivity contribution is 5.92. The zero-order chi connectivity index (χ0) is 18.4. The Balaban J connectivity index is 2.61. The first-order valence-electron chi connectivity index (χ1n) is 7.67. The fourth-order valence-corrected chi connectivity index (χ4v) is 2.22. The van der Waals surface area contributed by atoms with Gasteiger partial charge >= 0.3 is 6.03 Å². The van der Waals surface area contributed by atoms with Gasteiger partial charge in [0.25, 0.3) is 5.91 Å². The van der Waals surface area contributed by atoms with Crippen molar-refractivity contribution in [1.29, 1.82) is 0 Å². The van der Waals surface area contributed by atoms with Gasteiger partial charge in [0.1, 0.15) is 11.8 Å². The van der Waals surface area contributed by atoms with E-state index in [1.54, 1.807) is 20.9 Å². The lowest BCUT2D eigenvalue weighted by Crippen LogP contribution is -2.53. The molecule has 0 bridgehead atoms. The second-order valence-corrected chi connectivity index (χ2v) is 6.15. The SMILES string of the molecule is Cc1cc(C(=O)N[C@@H](C)CN(C)C(=O)[C@@H](NC(N)=O)C(C)C)no1. The van der Waals surface area contributed by atoms with Crippen LogP contribution in [0.2, 0.25) is 0 Å². The molecule has 0 fully saturated rings. The molecule has 0 saturated heterocycles. The van der Waals surface area contributed by atoms with Crippen molar-refractivity contribution in [2.24, 2.45) is 11.7 Å². The highest BCUT2D eigenvalue weighted by Gasteiger charge is 2.27. The number of urea groups is 1. The first-order valence-corrected chi connectivity index (χ1v) is 7.67. The highest BCUT2D eigenvalue weighted by Crippen LogP contribution is 2.06. The van der Waals surface area contributed by atoms with Gasteiger partial charge in [-0.25, -0.2) is 4.79 Å². The Kier molecular flexibility index (Phi) is 6.75. The van der Waals surface area contributed by atoms with E-state index in [4.69, 9.17) is 10.3 Å². The van der Waals surface area contributed by atoms with Crippen LogP contribution in [0.25, 0.3) is 0 Å². The van der Waals surface area contributed by atoms with Crippen molar-refractivity contribution in [3.8, 4) is 0 Å². The van der Waals surface area contributed by atoms with Gasteiger partial charge in [-0.15, -0.1) is 0 Å². The summed E-state index contributed by atoms with van der Waals surface area (Å²) in [5, 5.41) is 8.82. The molecule has 9 heteroatoms. The third kappa shape index (κ3) is 5.56. The number of hydrogen-bond donors (Lipinski definition) is 3. The van der Waals surface area contributed by atoms with E-state index < -0.39 is 12.1 Å². The van der Waals surface area contributed by atoms with Crippen molar-refractivity contribution in [2.75, 3.05) is 13.6 Å². The van der Waals surface area contributed by atoms with E-state index in [1.807, 2.05) is 13.8 Å². The minimum absolute atomic E-state index is 0.115. The maximum absolute atomic E-state index is 12.4. The Labute approximate surface area is 140 Å². The molecule has 4 N–H and O–H groups in total. The number of likely N-dealkylation sites (N-methyl/N-ethyl adjacent to an activating group) is 1. The van der Waals surface area contributed by atoms with E-state index in [0.29, 0.717) is 5.76 Å². The summed E-state index contributed by atoms with van der Waals surface area (Å²) >= 11 is 0. The number of rotatable bonds is 7. The number of aryl methyl sites for hydroxylation is 1. The molecule has 0 aliphatic heterocycles. The molecule has 1 heterocycles. The number of nitrogens with one attached hydrogen (secondary N) is 2. The molecule has 9 nitrogen and oxygen atoms in total. The van der Waals surface area contributed by atoms with Crippen LogP contribution in [0.3, 0.4) is 0 Å². The van der Waals surface area contributed by atoms with Crippen molar-refractivity contribution in [3.63, 3.8) is 0 Å². The van der Waals surface area contributed by atoms with E-state index in [9.17, 15) is 14.4 Å². The number of amides is 4. The molecule has 0 spiro atoms. The molecule has 2 atom stereocenters. The summed E-state index contributed by atoms with van der Waals surface area (Å²) in [7, 11) is 1.60. The molecule has 1 aromatic rings. The molecule has 4 amide bonds. The Bertz CT molecular complexity index is 598. The van der Waals surface area contributed by atoms with Gasteiger partial charge in [-0.05, 0) is 19.8 Å². The van der Waals surface area contributed by atoms with Crippen LogP contribution in [0.5, 0.6) is 0 Å². The summed E-state index contributed by atoms with van der Waals surface area (Å²) in [4.78, 5) is 36.9. The summed E-state index contributed by atoms with van der Waals surface area (Å²) in [5.74, 6) is -0.231. The predicted molar refractivity (Wildman–Crippen MR) is 87.2 cm³/mol. The zero-order valence-corrected chi connectivity index (χ0v) is 14.6. The Morgan fingerprint density at radius 3 is 2.38 bits per heavy atom. The average molecular weight is 339 g/mol. The number of hydrogen-bond acceptors (Lipinski definition) is 5. The molecular formula is C15H25N5O4. The van der Waals surface area contributed by atoms with Crippen LogP contribution < -0.4 is 16.4 Å². The molecule has 0 saturated carbocycles. The molecule has 0 aromatic carbocycles. The maximum Gasteiger partial charge on any atom is 0.312 e. The lowest BCUT2D eigenvalue weighted by molar-refractivity contribution is -0.133. The molecule has 0 aliphatic rings. The first kappa shape index (κ1) is 19.5. The van der Waals surface area contributed by atoms with E-state index in [1.165, 1.54) is 11.0 Å². The van der Waals surface area contributed by atoms with Crippen LogP contribution in [0.15, 0.2) is 10.6 Å². The van der Waals surface area contributed by atoms with Gasteiger partial charge in [0, 0.05) is 25.7 Å². The second kappa shape index (κ2) is 8.32. The smallest absolute Gasteiger partial charge is 0.312 e. The van der Waals surface area contributed by atoms with Crippen LogP contribution in [0.1, 0.15) is 37.0 Å². The van der Waals surface area contributed by atoms with Gasteiger partial charge in [-0.3, -0.25) is 9.59 Å². The zero-order valence-electron chi connectivity index (χ0n) is 14.6. The topological polar surface area (TPSA) is 131 Å². The third-order valence-electron chi connectivity index (χ3n) is 3.39. The molecule has 1 rings (SSSR count). The van der Waals surface area contributed by atoms with Crippen molar-refractivity contribution in [3.05, 3.63) is 17.5 Å². The van der Waals surface area contributed by atoms with Gasteiger partial charge in [0.15, 0.2) is 5.69 Å². The number of aromatic nitrogens is 1. The number of carbonyl (C=O) groups is 3. The van der Waals surface area contributed by atoms with Gasteiger partial charge in [0.05, 0.1) is 0 Å². The molecule has 0 radical (unpaired) electrons. The van der Waals surface area contributed by atoms with Crippen LogP contribution in [0.4, 0.5) is 4.79 Å². The Hall–Kier alpha value is -2.58. The summed E-state index contributed by atoms with van der Waals surface area (Å²) in [6.45, 7) is 7.35. The highest BCUT2D eigenvalue weighted by atomic mass is 16.5. The van der Waals surface area contributed by atoms with Crippen molar-refractivity contribution < 1.29 is 18.9 Å². The fourth-order valence-electron chi connectivity index (χ4n) is 2.22. The Morgan fingerprint density at radius 2 is 1.92 bits per heavy atom. The largest absolute Gasteiger partial charge is 0.361 e. The number of primary amides is 1. The van der Waals surface area contributed by atoms with Crippen LogP contribution in [-0.2, 0) is 4.79 Å². The van der Waals surface area contributed by atoms with Crippen molar-refractivity contribution in [2.45, 2.75) is 39.8 Å². The monoisotopic (exact) mass is 339 g/mol. The minimum Gasteiger partial charge on any atom is -0.361 e. The quantitative estimate of drug-likeness (QED) is 0.655. The van der Waals surface area contributed by atoms with Gasteiger partial charge in [0.2, 0.25) is 5.91 Å². The normalized spacial score (nSPS) is 13.2. The average Bonchev–Trinajstić information content (AvgIpc) is 2.90. The lowest BCUT2D eigenvalue weighted by atomic mass is 10.0. The predicted octanol–water partition coefficient (Wildman–Crippen LogP) is 0.253. The molecule has 24 heavy (non-hydrogen) atoms. The number of nitrogens with zero attached hydrogens (tertiary/aromatic N) is 2. The number of nitrogens with two attached hydrogens (primary N) is 1. The molecule has 0 unspecified atom stereocenters. The molecule has 1 aromatic heterocycles. The molecule has 134 valence electrons. The van der Waals surface area contributed by atoms with Gasteiger partial charge < -0.3 is 25.8 Å². The third-order valence-corrected chi connectivity index (χ3v) is 3.39. The molecular weight excluding hydrogens is 314 g/mol. The van der Waals surface area contributed by atoms with Crippen molar-refractivity contribution in [1.82, 2.24) is 20.7 Å². The summed E-state index contributed by atoms with van der Waals surface area (Å²) in [6.07, 6.45) is 0. The maximum atomic E-state index is 12.4. The molecule has 0 aliphatic carbocycles. The van der Waals surface area contributed by atoms with Crippen LogP contribution >= 0.6 is 0 Å². The lowest BCUT2D eigenvalue weighted by Gasteiger charge is -2.28. The van der Waals surface area contributed by atoms with E-state index in [-0.39, 0.29) is 36.0 Å². The first-order chi connectivity index (χ1) is 11.1. The minimum atomic E-state index is -0.752. The summed E-state index contributed by atoms with van der Waals surface area (Å²) in [6, 6.07) is -0.251. The van der Waals surface area contributed by atoms with Crippen LogP contribution in [0, 0.1) is 12.8 Å².